The lowest BCUT2D eigenvalue weighted by Gasteiger charge is -2.14. The molecule has 0 amide bonds. The zero-order valence-corrected chi connectivity index (χ0v) is 19.7. The molecule has 1 aliphatic rings. The molecule has 0 fully saturated rings. The summed E-state index contributed by atoms with van der Waals surface area (Å²) < 4.78 is 2.01. The van der Waals surface area contributed by atoms with Gasteiger partial charge in [-0.2, -0.15) is 0 Å². The van der Waals surface area contributed by atoms with Crippen LogP contribution in [0.5, 0.6) is 0 Å². The van der Waals surface area contributed by atoms with Gasteiger partial charge in [-0.15, -0.1) is 0 Å². The Labute approximate surface area is 189 Å². The number of hydrogen-bond donors (Lipinski definition) is 0. The number of fused-ring (bicyclic) bond motifs is 3. The number of benzene rings is 3. The normalized spacial score (nSPS) is 12.7. The standard InChI is InChI=1S/C26H24Br2O/c1-2-3-4-5-6-17-7-9-18(10-8-17)26(29)25-23-15-19(27)11-13-21(23)22-14-12-20(28)16-24(22)25/h7-16,25H,2-6H2,1H3. The maximum atomic E-state index is 13.6. The molecule has 0 N–H and O–H groups in total. The average molecular weight is 512 g/mol. The van der Waals surface area contributed by atoms with Gasteiger partial charge in [-0.3, -0.25) is 4.79 Å². The van der Waals surface area contributed by atoms with E-state index in [1.807, 2.05) is 24.3 Å². The van der Waals surface area contributed by atoms with Gasteiger partial charge in [-0.25, -0.2) is 0 Å². The number of hydrogen-bond acceptors (Lipinski definition) is 1. The first-order valence-electron chi connectivity index (χ1n) is 10.3. The van der Waals surface area contributed by atoms with E-state index in [1.165, 1.54) is 31.2 Å². The van der Waals surface area contributed by atoms with Crippen LogP contribution in [-0.2, 0) is 6.42 Å². The summed E-state index contributed by atoms with van der Waals surface area (Å²) in [5.74, 6) is -0.0934. The highest BCUT2D eigenvalue weighted by Crippen LogP contribution is 2.47. The highest BCUT2D eigenvalue weighted by atomic mass is 79.9. The average Bonchev–Trinajstić information content (AvgIpc) is 3.03. The van der Waals surface area contributed by atoms with Crippen LogP contribution in [0.25, 0.3) is 11.1 Å². The van der Waals surface area contributed by atoms with E-state index in [0.29, 0.717) is 0 Å². The first kappa shape index (κ1) is 20.6. The maximum Gasteiger partial charge on any atom is 0.174 e. The fourth-order valence-corrected chi connectivity index (χ4v) is 5.00. The first-order valence-corrected chi connectivity index (χ1v) is 11.9. The third-order valence-electron chi connectivity index (χ3n) is 5.76. The van der Waals surface area contributed by atoms with Crippen LogP contribution in [0.4, 0.5) is 0 Å². The summed E-state index contributed by atoms with van der Waals surface area (Å²) in [5.41, 5.74) is 6.58. The van der Waals surface area contributed by atoms with Crippen LogP contribution in [-0.4, -0.2) is 5.78 Å². The van der Waals surface area contributed by atoms with Gasteiger partial charge in [0.2, 0.25) is 0 Å². The Balaban J connectivity index is 1.63. The van der Waals surface area contributed by atoms with Crippen molar-refractivity contribution in [1.82, 2.24) is 0 Å². The highest BCUT2D eigenvalue weighted by Gasteiger charge is 2.34. The van der Waals surface area contributed by atoms with E-state index < -0.39 is 0 Å². The minimum atomic E-state index is -0.259. The Kier molecular flexibility index (Phi) is 6.36. The molecule has 1 nitrogen and oxygen atoms in total. The van der Waals surface area contributed by atoms with E-state index in [0.717, 1.165) is 43.2 Å². The molecular weight excluding hydrogens is 488 g/mol. The Morgan fingerprint density at radius 2 is 1.38 bits per heavy atom. The second-order valence-corrected chi connectivity index (χ2v) is 9.60. The third kappa shape index (κ3) is 4.27. The molecule has 3 aromatic carbocycles. The molecule has 0 aromatic heterocycles. The minimum absolute atomic E-state index is 0.165. The fourth-order valence-electron chi connectivity index (χ4n) is 4.24. The van der Waals surface area contributed by atoms with Gasteiger partial charge >= 0.3 is 0 Å². The predicted molar refractivity (Wildman–Crippen MR) is 128 cm³/mol. The molecule has 3 heteroatoms. The second kappa shape index (κ2) is 8.97. The Morgan fingerprint density at radius 1 is 0.793 bits per heavy atom. The van der Waals surface area contributed by atoms with E-state index in [-0.39, 0.29) is 11.7 Å². The van der Waals surface area contributed by atoms with Crippen molar-refractivity contribution in [3.05, 3.63) is 91.9 Å². The van der Waals surface area contributed by atoms with Crippen LogP contribution < -0.4 is 0 Å². The quantitative estimate of drug-likeness (QED) is 0.230. The molecule has 0 saturated carbocycles. The molecule has 29 heavy (non-hydrogen) atoms. The zero-order valence-electron chi connectivity index (χ0n) is 16.6. The monoisotopic (exact) mass is 510 g/mol. The van der Waals surface area contributed by atoms with Gasteiger partial charge in [0.05, 0.1) is 5.92 Å². The van der Waals surface area contributed by atoms with Crippen molar-refractivity contribution in [2.75, 3.05) is 0 Å². The topological polar surface area (TPSA) is 17.1 Å². The summed E-state index contributed by atoms with van der Waals surface area (Å²) in [7, 11) is 0. The van der Waals surface area contributed by atoms with Crippen molar-refractivity contribution >= 4 is 37.6 Å². The molecule has 0 aliphatic heterocycles. The summed E-state index contributed by atoms with van der Waals surface area (Å²) in [6.45, 7) is 2.23. The lowest BCUT2D eigenvalue weighted by atomic mass is 9.88. The molecule has 1 aliphatic carbocycles. The van der Waals surface area contributed by atoms with E-state index in [1.54, 1.807) is 0 Å². The van der Waals surface area contributed by atoms with Crippen LogP contribution in [0.2, 0.25) is 0 Å². The molecule has 3 aromatic rings. The summed E-state index contributed by atoms with van der Waals surface area (Å²) >= 11 is 7.16. The van der Waals surface area contributed by atoms with Crippen molar-refractivity contribution in [3.8, 4) is 11.1 Å². The van der Waals surface area contributed by atoms with Crippen molar-refractivity contribution < 1.29 is 4.79 Å². The Morgan fingerprint density at radius 3 is 1.93 bits per heavy atom. The Bertz CT molecular complexity index is 986. The number of halogens is 2. The largest absolute Gasteiger partial charge is 0.293 e. The van der Waals surface area contributed by atoms with E-state index >= 15 is 0 Å². The predicted octanol–water partition coefficient (Wildman–Crippen LogP) is 8.33. The third-order valence-corrected chi connectivity index (χ3v) is 6.75. The van der Waals surface area contributed by atoms with E-state index in [4.69, 9.17) is 0 Å². The van der Waals surface area contributed by atoms with Gasteiger partial charge < -0.3 is 0 Å². The molecule has 0 unspecified atom stereocenters. The van der Waals surface area contributed by atoms with Crippen LogP contribution in [0.1, 0.15) is 65.6 Å². The number of Topliss-reactive ketones (excluding diaryl/α,β-unsaturated/α-hetero) is 1. The number of unbranched alkanes of at least 4 members (excludes halogenated alkanes) is 3. The lowest BCUT2D eigenvalue weighted by molar-refractivity contribution is 0.0975. The van der Waals surface area contributed by atoms with Crippen molar-refractivity contribution in [2.45, 2.75) is 44.9 Å². The second-order valence-electron chi connectivity index (χ2n) is 7.77. The summed E-state index contributed by atoms with van der Waals surface area (Å²) in [5, 5.41) is 0. The molecule has 4 rings (SSSR count). The van der Waals surface area contributed by atoms with E-state index in [2.05, 4.69) is 75.2 Å². The van der Waals surface area contributed by atoms with E-state index in [9.17, 15) is 4.79 Å². The zero-order chi connectivity index (χ0) is 20.4. The number of aryl methyl sites for hydroxylation is 1. The number of ketones is 1. The first-order chi connectivity index (χ1) is 14.1. The smallest absolute Gasteiger partial charge is 0.174 e. The lowest BCUT2D eigenvalue weighted by Crippen LogP contribution is -2.12. The molecule has 0 bridgehead atoms. The molecule has 0 radical (unpaired) electrons. The maximum absolute atomic E-state index is 13.6. The van der Waals surface area contributed by atoms with Crippen LogP contribution >= 0.6 is 31.9 Å². The highest BCUT2D eigenvalue weighted by molar-refractivity contribution is 9.10. The SMILES string of the molecule is CCCCCCc1ccc(C(=O)C2c3cc(Br)ccc3-c3ccc(Br)cc32)cc1. The van der Waals surface area contributed by atoms with Gasteiger partial charge in [0.25, 0.3) is 0 Å². The van der Waals surface area contributed by atoms with Crippen LogP contribution in [0.3, 0.4) is 0 Å². The molecule has 0 heterocycles. The number of carbonyl (C=O) groups excluding carboxylic acids is 1. The molecule has 0 saturated heterocycles. The van der Waals surface area contributed by atoms with Crippen LogP contribution in [0, 0.1) is 0 Å². The summed E-state index contributed by atoms with van der Waals surface area (Å²) in [6, 6.07) is 20.8. The van der Waals surface area contributed by atoms with Gasteiger partial charge in [-0.1, -0.05) is 94.4 Å². The molecule has 0 spiro atoms. The van der Waals surface area contributed by atoms with Crippen LogP contribution in [0.15, 0.2) is 69.6 Å². The summed E-state index contributed by atoms with van der Waals surface area (Å²) in [4.78, 5) is 13.6. The van der Waals surface area contributed by atoms with Crippen molar-refractivity contribution in [1.29, 1.82) is 0 Å². The molecule has 148 valence electrons. The molecular formula is C26H24Br2O. The molecule has 0 atom stereocenters. The van der Waals surface area contributed by atoms with Crippen molar-refractivity contribution in [3.63, 3.8) is 0 Å². The minimum Gasteiger partial charge on any atom is -0.293 e. The fraction of sp³-hybridized carbons (Fsp3) is 0.269. The number of carbonyl (C=O) groups is 1. The van der Waals surface area contributed by atoms with Gasteiger partial charge in [0, 0.05) is 14.5 Å². The van der Waals surface area contributed by atoms with Gasteiger partial charge in [0.15, 0.2) is 5.78 Å². The summed E-state index contributed by atoms with van der Waals surface area (Å²) in [6.07, 6.45) is 6.12. The van der Waals surface area contributed by atoms with Crippen molar-refractivity contribution in [2.24, 2.45) is 0 Å². The van der Waals surface area contributed by atoms with Gasteiger partial charge in [0.1, 0.15) is 0 Å². The van der Waals surface area contributed by atoms with Gasteiger partial charge in [-0.05, 0) is 64.9 Å². The number of rotatable bonds is 7. The Hall–Kier alpha value is -1.71.